The summed E-state index contributed by atoms with van der Waals surface area (Å²) in [5.41, 5.74) is 0. The Morgan fingerprint density at radius 3 is 2.67 bits per heavy atom. The molecule has 2 N–H and O–H groups in total. The number of rotatable bonds is 4. The van der Waals surface area contributed by atoms with Gasteiger partial charge in [0.2, 0.25) is 11.8 Å². The monoisotopic (exact) mass is 212 g/mol. The zero-order valence-electron chi connectivity index (χ0n) is 8.61. The molecule has 1 aliphatic carbocycles. The van der Waals surface area contributed by atoms with Crippen LogP contribution in [0.3, 0.4) is 0 Å². The lowest BCUT2D eigenvalue weighted by molar-refractivity contribution is -0.135. The van der Waals surface area contributed by atoms with Crippen LogP contribution in [-0.2, 0) is 9.59 Å². The normalized spacial score (nSPS) is 25.1. The molecule has 5 nitrogen and oxygen atoms in total. The molecule has 2 aliphatic rings. The zero-order chi connectivity index (χ0) is 10.8. The number of aliphatic hydroxyl groups is 1. The van der Waals surface area contributed by atoms with Crippen LogP contribution in [0.4, 0.5) is 0 Å². The fourth-order valence-corrected chi connectivity index (χ4v) is 1.97. The molecule has 1 saturated heterocycles. The predicted molar refractivity (Wildman–Crippen MR) is 53.0 cm³/mol. The van der Waals surface area contributed by atoms with E-state index in [0.717, 1.165) is 12.8 Å². The maximum absolute atomic E-state index is 12.0. The minimum absolute atomic E-state index is 0.0110. The lowest BCUT2D eigenvalue weighted by atomic mass is 10.2. The number of hydrogen-bond donors (Lipinski definition) is 2. The first-order valence-corrected chi connectivity index (χ1v) is 5.43. The maximum Gasteiger partial charge on any atom is 0.245 e. The van der Waals surface area contributed by atoms with Crippen LogP contribution in [-0.4, -0.2) is 47.1 Å². The third-order valence-electron chi connectivity index (χ3n) is 2.91. The highest BCUT2D eigenvalue weighted by atomic mass is 16.3. The summed E-state index contributed by atoms with van der Waals surface area (Å²) >= 11 is 0. The molecule has 5 heteroatoms. The van der Waals surface area contributed by atoms with E-state index in [0.29, 0.717) is 25.4 Å². The molecule has 84 valence electrons. The van der Waals surface area contributed by atoms with E-state index in [-0.39, 0.29) is 24.5 Å². The minimum Gasteiger partial charge on any atom is -0.395 e. The van der Waals surface area contributed by atoms with Gasteiger partial charge < -0.3 is 15.3 Å². The van der Waals surface area contributed by atoms with Gasteiger partial charge in [-0.1, -0.05) is 0 Å². The Morgan fingerprint density at radius 2 is 2.20 bits per heavy atom. The molecule has 2 fully saturated rings. The standard InChI is InChI=1S/C10H16N2O3/c13-6-5-12(7-1-2-7)10(15)8-3-4-9(14)11-8/h7-8,13H,1-6H2,(H,11,14). The molecule has 1 aliphatic heterocycles. The van der Waals surface area contributed by atoms with Gasteiger partial charge in [-0.3, -0.25) is 9.59 Å². The van der Waals surface area contributed by atoms with E-state index in [9.17, 15) is 9.59 Å². The van der Waals surface area contributed by atoms with Crippen molar-refractivity contribution < 1.29 is 14.7 Å². The lowest BCUT2D eigenvalue weighted by Crippen LogP contribution is -2.46. The van der Waals surface area contributed by atoms with Crippen LogP contribution in [0.1, 0.15) is 25.7 Å². The van der Waals surface area contributed by atoms with Gasteiger partial charge in [0.15, 0.2) is 0 Å². The van der Waals surface area contributed by atoms with Crippen LogP contribution in [0.2, 0.25) is 0 Å². The second kappa shape index (κ2) is 4.18. The Labute approximate surface area is 88.4 Å². The zero-order valence-corrected chi connectivity index (χ0v) is 8.61. The van der Waals surface area contributed by atoms with Gasteiger partial charge in [-0.25, -0.2) is 0 Å². The van der Waals surface area contributed by atoms with Gasteiger partial charge in [-0.15, -0.1) is 0 Å². The average Bonchev–Trinajstić information content (AvgIpc) is 2.96. The van der Waals surface area contributed by atoms with Crippen LogP contribution in [0.25, 0.3) is 0 Å². The minimum atomic E-state index is -0.357. The summed E-state index contributed by atoms with van der Waals surface area (Å²) in [6.45, 7) is 0.374. The summed E-state index contributed by atoms with van der Waals surface area (Å²) in [6.07, 6.45) is 3.07. The number of nitrogens with zero attached hydrogens (tertiary/aromatic N) is 1. The Bertz CT molecular complexity index is 276. The van der Waals surface area contributed by atoms with E-state index >= 15 is 0 Å². The number of carbonyl (C=O) groups is 2. The largest absolute Gasteiger partial charge is 0.395 e. The van der Waals surface area contributed by atoms with Crippen LogP contribution in [0.5, 0.6) is 0 Å². The summed E-state index contributed by atoms with van der Waals surface area (Å²) < 4.78 is 0. The topological polar surface area (TPSA) is 69.6 Å². The van der Waals surface area contributed by atoms with Gasteiger partial charge in [-0.05, 0) is 19.3 Å². The highest BCUT2D eigenvalue weighted by Crippen LogP contribution is 2.27. The molecule has 0 spiro atoms. The summed E-state index contributed by atoms with van der Waals surface area (Å²) in [7, 11) is 0. The first-order valence-electron chi connectivity index (χ1n) is 5.43. The average molecular weight is 212 g/mol. The maximum atomic E-state index is 12.0. The molecule has 1 heterocycles. The summed E-state index contributed by atoms with van der Waals surface area (Å²) in [4.78, 5) is 24.7. The van der Waals surface area contributed by atoms with Crippen molar-refractivity contribution >= 4 is 11.8 Å². The molecule has 0 radical (unpaired) electrons. The van der Waals surface area contributed by atoms with Gasteiger partial charge in [0.25, 0.3) is 0 Å². The highest BCUT2D eigenvalue weighted by molar-refractivity contribution is 5.91. The smallest absolute Gasteiger partial charge is 0.245 e. The van der Waals surface area contributed by atoms with Crippen LogP contribution in [0, 0.1) is 0 Å². The van der Waals surface area contributed by atoms with Crippen molar-refractivity contribution in [2.24, 2.45) is 0 Å². The van der Waals surface area contributed by atoms with Gasteiger partial charge >= 0.3 is 0 Å². The lowest BCUT2D eigenvalue weighted by Gasteiger charge is -2.24. The van der Waals surface area contributed by atoms with Crippen LogP contribution < -0.4 is 5.32 Å². The van der Waals surface area contributed by atoms with Crippen molar-refractivity contribution in [2.45, 2.75) is 37.8 Å². The van der Waals surface area contributed by atoms with Crippen molar-refractivity contribution in [1.29, 1.82) is 0 Å². The number of nitrogens with one attached hydrogen (secondary N) is 1. The van der Waals surface area contributed by atoms with Crippen molar-refractivity contribution in [2.75, 3.05) is 13.2 Å². The molecule has 2 rings (SSSR count). The molecule has 2 amide bonds. The third-order valence-corrected chi connectivity index (χ3v) is 2.91. The molecular weight excluding hydrogens is 196 g/mol. The second-order valence-corrected chi connectivity index (χ2v) is 4.15. The molecule has 1 atom stereocenters. The summed E-state index contributed by atoms with van der Waals surface area (Å²) in [5, 5.41) is 11.5. The van der Waals surface area contributed by atoms with E-state index in [4.69, 9.17) is 5.11 Å². The fourth-order valence-electron chi connectivity index (χ4n) is 1.97. The highest BCUT2D eigenvalue weighted by Gasteiger charge is 2.37. The Balaban J connectivity index is 1.94. The van der Waals surface area contributed by atoms with Crippen molar-refractivity contribution in [3.05, 3.63) is 0 Å². The molecule has 15 heavy (non-hydrogen) atoms. The van der Waals surface area contributed by atoms with Crippen molar-refractivity contribution in [3.8, 4) is 0 Å². The van der Waals surface area contributed by atoms with E-state index < -0.39 is 0 Å². The van der Waals surface area contributed by atoms with Gasteiger partial charge in [0.05, 0.1) is 6.61 Å². The second-order valence-electron chi connectivity index (χ2n) is 4.15. The predicted octanol–water partition coefficient (Wildman–Crippen LogP) is -0.752. The van der Waals surface area contributed by atoms with E-state index in [2.05, 4.69) is 5.32 Å². The Kier molecular flexibility index (Phi) is 2.90. The molecule has 0 aromatic carbocycles. The fraction of sp³-hybridized carbons (Fsp3) is 0.800. The van der Waals surface area contributed by atoms with Crippen LogP contribution in [0.15, 0.2) is 0 Å². The molecule has 0 bridgehead atoms. The van der Waals surface area contributed by atoms with Crippen molar-refractivity contribution in [3.63, 3.8) is 0 Å². The number of amides is 2. The van der Waals surface area contributed by atoms with Gasteiger partial charge in [0, 0.05) is 19.0 Å². The molecule has 1 saturated carbocycles. The van der Waals surface area contributed by atoms with Crippen molar-refractivity contribution in [1.82, 2.24) is 10.2 Å². The van der Waals surface area contributed by atoms with Crippen LogP contribution >= 0.6 is 0 Å². The first-order chi connectivity index (χ1) is 7.22. The number of aliphatic hydroxyl groups excluding tert-OH is 1. The Hall–Kier alpha value is -1.10. The summed E-state index contributed by atoms with van der Waals surface area (Å²) in [6, 6.07) is -0.0631. The SMILES string of the molecule is O=C1CCC(C(=O)N(CCO)C2CC2)N1. The third kappa shape index (κ3) is 2.28. The molecule has 0 aromatic heterocycles. The van der Waals surface area contributed by atoms with E-state index in [1.165, 1.54) is 0 Å². The molecular formula is C10H16N2O3. The molecule has 1 unspecified atom stereocenters. The summed E-state index contributed by atoms with van der Waals surface area (Å²) in [5.74, 6) is -0.0782. The molecule has 0 aromatic rings. The van der Waals surface area contributed by atoms with Gasteiger partial charge in [0.1, 0.15) is 6.04 Å². The van der Waals surface area contributed by atoms with E-state index in [1.54, 1.807) is 4.90 Å². The quantitative estimate of drug-likeness (QED) is 0.644. The number of carbonyl (C=O) groups excluding carboxylic acids is 2. The van der Waals surface area contributed by atoms with E-state index in [1.807, 2.05) is 0 Å². The van der Waals surface area contributed by atoms with Gasteiger partial charge in [-0.2, -0.15) is 0 Å². The Morgan fingerprint density at radius 1 is 1.47 bits per heavy atom. The first kappa shape index (κ1) is 10.4. The number of hydrogen-bond acceptors (Lipinski definition) is 3.